The number of carbonyl (C=O) groups excluding carboxylic acids is 1. The number of hydrogen-bond acceptors (Lipinski definition) is 4. The summed E-state index contributed by atoms with van der Waals surface area (Å²) in [5.74, 6) is 0.458. The standard InChI is InChI=1S/C21H16N2O2S/c24-20(22-14-15-7-2-1-3-8-15)16-9-6-10-17(13-16)25-21-23-18-11-4-5-12-19(18)26-21/h1-13H,14H2,(H,22,24). The Morgan fingerprint density at radius 1 is 0.962 bits per heavy atom. The van der Waals surface area contributed by atoms with Crippen LogP contribution in [0, 0.1) is 0 Å². The zero-order chi connectivity index (χ0) is 17.8. The van der Waals surface area contributed by atoms with Crippen LogP contribution in [0.25, 0.3) is 10.2 Å². The number of aromatic nitrogens is 1. The van der Waals surface area contributed by atoms with Crippen molar-refractivity contribution in [2.24, 2.45) is 0 Å². The molecule has 0 bridgehead atoms. The van der Waals surface area contributed by atoms with E-state index in [1.807, 2.05) is 60.7 Å². The molecule has 5 heteroatoms. The van der Waals surface area contributed by atoms with Gasteiger partial charge in [0.15, 0.2) is 0 Å². The lowest BCUT2D eigenvalue weighted by molar-refractivity contribution is 0.0950. The van der Waals surface area contributed by atoms with Gasteiger partial charge in [0, 0.05) is 12.1 Å². The molecule has 26 heavy (non-hydrogen) atoms. The van der Waals surface area contributed by atoms with E-state index in [0.29, 0.717) is 23.1 Å². The molecule has 0 fully saturated rings. The van der Waals surface area contributed by atoms with Crippen molar-refractivity contribution in [2.75, 3.05) is 0 Å². The molecule has 1 aromatic heterocycles. The van der Waals surface area contributed by atoms with E-state index in [9.17, 15) is 4.79 Å². The van der Waals surface area contributed by atoms with Gasteiger partial charge in [0.1, 0.15) is 5.75 Å². The number of thiazole rings is 1. The fraction of sp³-hybridized carbons (Fsp3) is 0.0476. The zero-order valence-corrected chi connectivity index (χ0v) is 14.7. The van der Waals surface area contributed by atoms with Gasteiger partial charge in [0.05, 0.1) is 10.2 Å². The number of carbonyl (C=O) groups is 1. The van der Waals surface area contributed by atoms with Gasteiger partial charge in [0.25, 0.3) is 11.1 Å². The van der Waals surface area contributed by atoms with E-state index in [4.69, 9.17) is 4.74 Å². The molecule has 0 atom stereocenters. The first-order valence-corrected chi connectivity index (χ1v) is 9.05. The average molecular weight is 360 g/mol. The van der Waals surface area contributed by atoms with Gasteiger partial charge in [-0.05, 0) is 35.9 Å². The van der Waals surface area contributed by atoms with Gasteiger partial charge in [-0.2, -0.15) is 0 Å². The highest BCUT2D eigenvalue weighted by atomic mass is 32.1. The summed E-state index contributed by atoms with van der Waals surface area (Å²) in [7, 11) is 0. The number of nitrogens with zero attached hydrogens (tertiary/aromatic N) is 1. The topological polar surface area (TPSA) is 51.2 Å². The van der Waals surface area contributed by atoms with Gasteiger partial charge >= 0.3 is 0 Å². The first kappa shape index (κ1) is 16.3. The molecule has 0 aliphatic rings. The molecule has 4 rings (SSSR count). The van der Waals surface area contributed by atoms with E-state index in [1.54, 1.807) is 18.2 Å². The lowest BCUT2D eigenvalue weighted by Crippen LogP contribution is -2.22. The second kappa shape index (κ2) is 7.37. The third-order valence-corrected chi connectivity index (χ3v) is 4.79. The molecule has 0 saturated heterocycles. The highest BCUT2D eigenvalue weighted by Crippen LogP contribution is 2.31. The maximum atomic E-state index is 12.4. The number of benzene rings is 3. The Morgan fingerprint density at radius 3 is 2.62 bits per heavy atom. The number of nitrogens with one attached hydrogen (secondary N) is 1. The fourth-order valence-electron chi connectivity index (χ4n) is 2.58. The predicted molar refractivity (Wildman–Crippen MR) is 104 cm³/mol. The Bertz CT molecular complexity index is 1010. The Morgan fingerprint density at radius 2 is 1.77 bits per heavy atom. The van der Waals surface area contributed by atoms with Gasteiger partial charge in [0.2, 0.25) is 0 Å². The van der Waals surface area contributed by atoms with Crippen LogP contribution in [0.15, 0.2) is 78.9 Å². The van der Waals surface area contributed by atoms with Crippen LogP contribution < -0.4 is 10.1 Å². The molecule has 0 saturated carbocycles. The molecule has 1 heterocycles. The van der Waals surface area contributed by atoms with Gasteiger partial charge in [-0.25, -0.2) is 4.98 Å². The van der Waals surface area contributed by atoms with Crippen LogP contribution in [0.2, 0.25) is 0 Å². The van der Waals surface area contributed by atoms with Gasteiger partial charge in [-0.15, -0.1) is 0 Å². The van der Waals surface area contributed by atoms with Crippen molar-refractivity contribution in [1.82, 2.24) is 10.3 Å². The quantitative estimate of drug-likeness (QED) is 0.544. The number of amides is 1. The average Bonchev–Trinajstić information content (AvgIpc) is 3.09. The number of para-hydroxylation sites is 1. The number of ether oxygens (including phenoxy) is 1. The molecule has 1 N–H and O–H groups in total. The van der Waals surface area contributed by atoms with E-state index >= 15 is 0 Å². The minimum Gasteiger partial charge on any atom is -0.431 e. The number of rotatable bonds is 5. The third kappa shape index (κ3) is 3.73. The summed E-state index contributed by atoms with van der Waals surface area (Å²) in [5, 5.41) is 3.48. The van der Waals surface area contributed by atoms with Crippen LogP contribution in [-0.4, -0.2) is 10.9 Å². The first-order valence-electron chi connectivity index (χ1n) is 8.23. The van der Waals surface area contributed by atoms with Crippen LogP contribution >= 0.6 is 11.3 Å². The van der Waals surface area contributed by atoms with Crippen LogP contribution in [0.3, 0.4) is 0 Å². The summed E-state index contributed by atoms with van der Waals surface area (Å²) in [5.41, 5.74) is 2.52. The largest absolute Gasteiger partial charge is 0.431 e. The number of fused-ring (bicyclic) bond motifs is 1. The van der Waals surface area contributed by atoms with Gasteiger partial charge < -0.3 is 10.1 Å². The molecule has 0 aliphatic heterocycles. The zero-order valence-electron chi connectivity index (χ0n) is 13.9. The van der Waals surface area contributed by atoms with Crippen molar-refractivity contribution in [3.8, 4) is 10.9 Å². The van der Waals surface area contributed by atoms with E-state index in [1.165, 1.54) is 11.3 Å². The van der Waals surface area contributed by atoms with Crippen LogP contribution in [0.4, 0.5) is 0 Å². The molecule has 0 unspecified atom stereocenters. The molecule has 4 aromatic rings. The predicted octanol–water partition coefficient (Wildman–Crippen LogP) is 5.02. The lowest BCUT2D eigenvalue weighted by atomic mass is 10.2. The molecule has 3 aromatic carbocycles. The highest BCUT2D eigenvalue weighted by molar-refractivity contribution is 7.20. The first-order chi connectivity index (χ1) is 12.8. The second-order valence-electron chi connectivity index (χ2n) is 5.75. The van der Waals surface area contributed by atoms with E-state index in [2.05, 4.69) is 10.3 Å². The summed E-state index contributed by atoms with van der Waals surface area (Å²) < 4.78 is 6.91. The number of hydrogen-bond donors (Lipinski definition) is 1. The molecule has 0 spiro atoms. The molecule has 128 valence electrons. The Kier molecular flexibility index (Phi) is 4.62. The van der Waals surface area contributed by atoms with Crippen LogP contribution in [0.1, 0.15) is 15.9 Å². The Balaban J connectivity index is 1.46. The van der Waals surface area contributed by atoms with E-state index in [0.717, 1.165) is 15.8 Å². The maximum absolute atomic E-state index is 12.4. The normalized spacial score (nSPS) is 10.6. The smallest absolute Gasteiger partial charge is 0.279 e. The summed E-state index contributed by atoms with van der Waals surface area (Å²) in [6.45, 7) is 0.489. The highest BCUT2D eigenvalue weighted by Gasteiger charge is 2.09. The van der Waals surface area contributed by atoms with Crippen LogP contribution in [0.5, 0.6) is 10.9 Å². The van der Waals surface area contributed by atoms with E-state index in [-0.39, 0.29) is 5.91 Å². The summed E-state index contributed by atoms with van der Waals surface area (Å²) in [6, 6.07) is 24.8. The summed E-state index contributed by atoms with van der Waals surface area (Å²) >= 11 is 1.48. The van der Waals surface area contributed by atoms with Crippen molar-refractivity contribution in [2.45, 2.75) is 6.54 Å². The van der Waals surface area contributed by atoms with Crippen molar-refractivity contribution in [3.63, 3.8) is 0 Å². The van der Waals surface area contributed by atoms with Crippen molar-refractivity contribution in [3.05, 3.63) is 90.0 Å². The lowest BCUT2D eigenvalue weighted by Gasteiger charge is -2.07. The van der Waals surface area contributed by atoms with Gasteiger partial charge in [-0.3, -0.25) is 4.79 Å². The SMILES string of the molecule is O=C(NCc1ccccc1)c1cccc(Oc2nc3ccccc3s2)c1. The third-order valence-electron chi connectivity index (χ3n) is 3.87. The monoisotopic (exact) mass is 360 g/mol. The fourth-order valence-corrected chi connectivity index (χ4v) is 3.41. The van der Waals surface area contributed by atoms with Crippen molar-refractivity contribution in [1.29, 1.82) is 0 Å². The van der Waals surface area contributed by atoms with Crippen molar-refractivity contribution < 1.29 is 9.53 Å². The summed E-state index contributed by atoms with van der Waals surface area (Å²) in [6.07, 6.45) is 0. The van der Waals surface area contributed by atoms with E-state index < -0.39 is 0 Å². The second-order valence-corrected chi connectivity index (χ2v) is 6.74. The van der Waals surface area contributed by atoms with Crippen LogP contribution in [-0.2, 0) is 6.54 Å². The maximum Gasteiger partial charge on any atom is 0.279 e. The minimum absolute atomic E-state index is 0.136. The molecule has 4 nitrogen and oxygen atoms in total. The molecular weight excluding hydrogens is 344 g/mol. The molecule has 1 amide bonds. The minimum atomic E-state index is -0.136. The van der Waals surface area contributed by atoms with Gasteiger partial charge in [-0.1, -0.05) is 59.9 Å². The Hall–Kier alpha value is -3.18. The molecule has 0 radical (unpaired) electrons. The molecular formula is C21H16N2O2S. The summed E-state index contributed by atoms with van der Waals surface area (Å²) in [4.78, 5) is 16.8. The van der Waals surface area contributed by atoms with Crippen molar-refractivity contribution >= 4 is 27.5 Å². The Labute approximate surface area is 155 Å². The molecule has 0 aliphatic carbocycles.